The Morgan fingerprint density at radius 1 is 1.38 bits per heavy atom. The zero-order chi connectivity index (χ0) is 12.1. The Kier molecular flexibility index (Phi) is 4.61. The van der Waals surface area contributed by atoms with Gasteiger partial charge in [0.2, 0.25) is 0 Å². The molecule has 0 saturated heterocycles. The van der Waals surface area contributed by atoms with E-state index in [1.54, 1.807) is 12.4 Å². The summed E-state index contributed by atoms with van der Waals surface area (Å²) in [4.78, 5) is 8.57. The molecular formula is C11H18N4S. The Morgan fingerprint density at radius 3 is 2.50 bits per heavy atom. The van der Waals surface area contributed by atoms with Crippen LogP contribution in [0.4, 0.5) is 5.82 Å². The van der Waals surface area contributed by atoms with E-state index < -0.39 is 0 Å². The summed E-state index contributed by atoms with van der Waals surface area (Å²) in [5.41, 5.74) is 5.99. The molecule has 1 aromatic heterocycles. The van der Waals surface area contributed by atoms with E-state index >= 15 is 0 Å². The zero-order valence-electron chi connectivity index (χ0n) is 9.90. The summed E-state index contributed by atoms with van der Waals surface area (Å²) in [7, 11) is 0. The topological polar surface area (TPSA) is 63.8 Å². The first-order valence-corrected chi connectivity index (χ1v) is 5.77. The lowest BCUT2D eigenvalue weighted by Gasteiger charge is -2.16. The minimum atomic E-state index is 0.273. The van der Waals surface area contributed by atoms with Crippen LogP contribution in [0.1, 0.15) is 26.5 Å². The largest absolute Gasteiger partial charge is 0.388 e. The molecule has 0 aliphatic carbocycles. The summed E-state index contributed by atoms with van der Waals surface area (Å²) in [5, 5.41) is 3.23. The van der Waals surface area contributed by atoms with Gasteiger partial charge in [0, 0.05) is 6.54 Å². The predicted molar refractivity (Wildman–Crippen MR) is 70.4 cm³/mol. The van der Waals surface area contributed by atoms with Crippen molar-refractivity contribution in [3.8, 4) is 0 Å². The number of aromatic nitrogens is 2. The maximum atomic E-state index is 5.43. The van der Waals surface area contributed by atoms with Gasteiger partial charge < -0.3 is 11.1 Å². The molecule has 1 rings (SSSR count). The molecule has 0 spiro atoms. The third kappa shape index (κ3) is 3.73. The van der Waals surface area contributed by atoms with Gasteiger partial charge >= 0.3 is 0 Å². The molecule has 0 fully saturated rings. The highest BCUT2D eigenvalue weighted by molar-refractivity contribution is 7.80. The van der Waals surface area contributed by atoms with Crippen molar-refractivity contribution in [3.63, 3.8) is 0 Å². The molecule has 0 saturated carbocycles. The average Bonchev–Trinajstić information content (AvgIpc) is 2.26. The Labute approximate surface area is 102 Å². The van der Waals surface area contributed by atoms with Crippen molar-refractivity contribution in [1.29, 1.82) is 0 Å². The van der Waals surface area contributed by atoms with Crippen molar-refractivity contribution < 1.29 is 0 Å². The SMILES string of the molecule is CC(C)C(C)CNc1cnc(C(N)=S)cn1. The van der Waals surface area contributed by atoms with Gasteiger partial charge in [0.05, 0.1) is 12.4 Å². The van der Waals surface area contributed by atoms with Crippen molar-refractivity contribution in [3.05, 3.63) is 18.1 Å². The number of hydrogen-bond donors (Lipinski definition) is 2. The van der Waals surface area contributed by atoms with E-state index in [1.165, 1.54) is 0 Å². The van der Waals surface area contributed by atoms with Crippen LogP contribution in [0.25, 0.3) is 0 Å². The van der Waals surface area contributed by atoms with Crippen LogP contribution in [-0.4, -0.2) is 21.5 Å². The molecule has 88 valence electrons. The Morgan fingerprint density at radius 2 is 2.06 bits per heavy atom. The van der Waals surface area contributed by atoms with Crippen molar-refractivity contribution in [2.24, 2.45) is 17.6 Å². The number of hydrogen-bond acceptors (Lipinski definition) is 4. The van der Waals surface area contributed by atoms with Gasteiger partial charge in [-0.05, 0) is 11.8 Å². The van der Waals surface area contributed by atoms with E-state index in [9.17, 15) is 0 Å². The summed E-state index contributed by atoms with van der Waals surface area (Å²) in [5.74, 6) is 2.00. The third-order valence-electron chi connectivity index (χ3n) is 2.65. The first kappa shape index (κ1) is 12.8. The minimum Gasteiger partial charge on any atom is -0.388 e. The monoisotopic (exact) mass is 238 g/mol. The fourth-order valence-electron chi connectivity index (χ4n) is 1.05. The molecule has 1 aromatic rings. The quantitative estimate of drug-likeness (QED) is 0.766. The molecule has 0 aliphatic heterocycles. The van der Waals surface area contributed by atoms with Gasteiger partial charge in [-0.3, -0.25) is 0 Å². The first-order chi connectivity index (χ1) is 7.50. The normalized spacial score (nSPS) is 12.5. The number of nitrogens with two attached hydrogens (primary N) is 1. The van der Waals surface area contributed by atoms with Crippen molar-refractivity contribution >= 4 is 23.0 Å². The molecule has 0 radical (unpaired) electrons. The lowest BCUT2D eigenvalue weighted by molar-refractivity contribution is 0.439. The number of rotatable bonds is 5. The van der Waals surface area contributed by atoms with Crippen LogP contribution in [-0.2, 0) is 0 Å². The maximum Gasteiger partial charge on any atom is 0.144 e. The predicted octanol–water partition coefficient (Wildman–Crippen LogP) is 1.81. The third-order valence-corrected chi connectivity index (χ3v) is 2.86. The standard InChI is InChI=1S/C11H18N4S/c1-7(2)8(3)4-14-10-6-13-9(5-15-10)11(12)16/h5-8H,4H2,1-3H3,(H2,12,16)(H,14,15). The molecule has 5 heteroatoms. The van der Waals surface area contributed by atoms with Crippen LogP contribution >= 0.6 is 12.2 Å². The minimum absolute atomic E-state index is 0.273. The molecular weight excluding hydrogens is 220 g/mol. The van der Waals surface area contributed by atoms with Gasteiger partial charge in [0.15, 0.2) is 0 Å². The van der Waals surface area contributed by atoms with E-state index in [0.29, 0.717) is 17.5 Å². The highest BCUT2D eigenvalue weighted by Crippen LogP contribution is 2.10. The average molecular weight is 238 g/mol. The van der Waals surface area contributed by atoms with E-state index in [-0.39, 0.29) is 4.99 Å². The van der Waals surface area contributed by atoms with Crippen LogP contribution < -0.4 is 11.1 Å². The van der Waals surface area contributed by atoms with Gasteiger partial charge in [-0.2, -0.15) is 0 Å². The zero-order valence-corrected chi connectivity index (χ0v) is 10.7. The molecule has 0 bridgehead atoms. The number of thiocarbonyl (C=S) groups is 1. The van der Waals surface area contributed by atoms with Gasteiger partial charge in [0.1, 0.15) is 16.5 Å². The highest BCUT2D eigenvalue weighted by Gasteiger charge is 2.07. The Hall–Kier alpha value is -1.23. The maximum absolute atomic E-state index is 5.43. The second kappa shape index (κ2) is 5.75. The van der Waals surface area contributed by atoms with Crippen LogP contribution in [0.15, 0.2) is 12.4 Å². The smallest absolute Gasteiger partial charge is 0.144 e. The van der Waals surface area contributed by atoms with Gasteiger partial charge in [0.25, 0.3) is 0 Å². The number of nitrogens with one attached hydrogen (secondary N) is 1. The van der Waals surface area contributed by atoms with E-state index in [1.807, 2.05) is 0 Å². The summed E-state index contributed by atoms with van der Waals surface area (Å²) in [6.45, 7) is 7.50. The Bertz CT molecular complexity index is 348. The summed E-state index contributed by atoms with van der Waals surface area (Å²) < 4.78 is 0. The number of anilines is 1. The molecule has 1 heterocycles. The van der Waals surface area contributed by atoms with Crippen LogP contribution in [0.5, 0.6) is 0 Å². The molecule has 0 aliphatic rings. The lowest BCUT2D eigenvalue weighted by atomic mass is 9.98. The molecule has 0 amide bonds. The van der Waals surface area contributed by atoms with E-state index in [0.717, 1.165) is 12.4 Å². The second-order valence-corrected chi connectivity index (χ2v) is 4.69. The van der Waals surface area contributed by atoms with Crippen molar-refractivity contribution in [1.82, 2.24) is 9.97 Å². The summed E-state index contributed by atoms with van der Waals surface area (Å²) in [6, 6.07) is 0. The van der Waals surface area contributed by atoms with E-state index in [2.05, 4.69) is 36.1 Å². The summed E-state index contributed by atoms with van der Waals surface area (Å²) >= 11 is 4.80. The van der Waals surface area contributed by atoms with Crippen LogP contribution in [0.3, 0.4) is 0 Å². The van der Waals surface area contributed by atoms with Crippen LogP contribution in [0, 0.1) is 11.8 Å². The molecule has 1 atom stereocenters. The molecule has 0 aromatic carbocycles. The molecule has 3 N–H and O–H groups in total. The fraction of sp³-hybridized carbons (Fsp3) is 0.545. The number of nitrogens with zero attached hydrogens (tertiary/aromatic N) is 2. The highest BCUT2D eigenvalue weighted by atomic mass is 32.1. The molecule has 4 nitrogen and oxygen atoms in total. The first-order valence-electron chi connectivity index (χ1n) is 5.36. The molecule has 1 unspecified atom stereocenters. The molecule has 16 heavy (non-hydrogen) atoms. The van der Waals surface area contributed by atoms with Gasteiger partial charge in [-0.1, -0.05) is 33.0 Å². The lowest BCUT2D eigenvalue weighted by Crippen LogP contribution is -2.17. The van der Waals surface area contributed by atoms with Crippen molar-refractivity contribution in [2.45, 2.75) is 20.8 Å². The van der Waals surface area contributed by atoms with Crippen molar-refractivity contribution in [2.75, 3.05) is 11.9 Å². The fourth-order valence-corrected chi connectivity index (χ4v) is 1.15. The Balaban J connectivity index is 2.53. The second-order valence-electron chi connectivity index (χ2n) is 4.25. The van der Waals surface area contributed by atoms with Gasteiger partial charge in [-0.25, -0.2) is 9.97 Å². The van der Waals surface area contributed by atoms with Crippen LogP contribution in [0.2, 0.25) is 0 Å². The van der Waals surface area contributed by atoms with E-state index in [4.69, 9.17) is 18.0 Å². The summed E-state index contributed by atoms with van der Waals surface area (Å²) in [6.07, 6.45) is 3.24. The van der Waals surface area contributed by atoms with Gasteiger partial charge in [-0.15, -0.1) is 0 Å².